The van der Waals surface area contributed by atoms with Crippen molar-refractivity contribution in [2.24, 2.45) is 0 Å². The van der Waals surface area contributed by atoms with Crippen LogP contribution >= 0.6 is 0 Å². The standard InChI is InChI=1S/C21H27NO5/c1-14(22-2)10-17-8-9-19-21(27-17)11-18(26-19)20(25-13-21)24-12-15-4-6-16(23-3)7-5-15/h4-7,14,17-20H,8-13H2,1,3H3/t14-,17-,18-,19+,20-,21-/m1/s1. The van der Waals surface area contributed by atoms with Gasteiger partial charge in [-0.1, -0.05) is 12.1 Å². The zero-order valence-corrected chi connectivity index (χ0v) is 15.9. The van der Waals surface area contributed by atoms with Crippen LogP contribution in [0.1, 0.15) is 38.2 Å². The predicted molar refractivity (Wildman–Crippen MR) is 98.3 cm³/mol. The van der Waals surface area contributed by atoms with Crippen LogP contribution < -0.4 is 4.74 Å². The Bertz CT molecular complexity index is 687. The minimum atomic E-state index is -0.368. The van der Waals surface area contributed by atoms with Crippen molar-refractivity contribution in [2.45, 2.75) is 75.5 Å². The number of benzene rings is 1. The molecule has 4 rings (SSSR count). The Hall–Kier alpha value is -1.65. The molecule has 2 bridgehead atoms. The van der Waals surface area contributed by atoms with E-state index in [4.69, 9.17) is 30.3 Å². The van der Waals surface area contributed by atoms with Gasteiger partial charge in [-0.25, -0.2) is 6.57 Å². The third-order valence-corrected chi connectivity index (χ3v) is 5.82. The lowest BCUT2D eigenvalue weighted by atomic mass is 9.85. The summed E-state index contributed by atoms with van der Waals surface area (Å²) in [5, 5.41) is 0. The largest absolute Gasteiger partial charge is 0.497 e. The highest BCUT2D eigenvalue weighted by molar-refractivity contribution is 5.26. The van der Waals surface area contributed by atoms with Gasteiger partial charge in [-0.05, 0) is 30.5 Å². The molecule has 1 aromatic rings. The van der Waals surface area contributed by atoms with Gasteiger partial charge in [0.25, 0.3) is 0 Å². The summed E-state index contributed by atoms with van der Waals surface area (Å²) in [5.41, 5.74) is 0.703. The Morgan fingerprint density at radius 3 is 2.85 bits per heavy atom. The SMILES string of the molecule is [C-]#[N+][C@H](C)C[C@H]1CC[C@@H]2O[C@@H]3C[C@]2(CO[C@H]3OCc2ccc(OC)cc2)O1. The van der Waals surface area contributed by atoms with Gasteiger partial charge in [0.2, 0.25) is 6.04 Å². The van der Waals surface area contributed by atoms with E-state index >= 15 is 0 Å². The summed E-state index contributed by atoms with van der Waals surface area (Å²) in [4.78, 5) is 3.60. The first-order valence-electron chi connectivity index (χ1n) is 9.68. The number of methoxy groups -OCH3 is 1. The van der Waals surface area contributed by atoms with Crippen molar-refractivity contribution in [3.05, 3.63) is 41.2 Å². The number of fused-ring (bicyclic) bond motifs is 1. The molecule has 0 N–H and O–H groups in total. The molecular weight excluding hydrogens is 346 g/mol. The predicted octanol–water partition coefficient (Wildman–Crippen LogP) is 3.34. The maximum Gasteiger partial charge on any atom is 0.223 e. The van der Waals surface area contributed by atoms with E-state index in [1.54, 1.807) is 7.11 Å². The first-order valence-corrected chi connectivity index (χ1v) is 9.68. The van der Waals surface area contributed by atoms with Gasteiger partial charge in [0, 0.05) is 19.8 Å². The van der Waals surface area contributed by atoms with Crippen molar-refractivity contribution in [2.75, 3.05) is 13.7 Å². The first kappa shape index (κ1) is 18.7. The van der Waals surface area contributed by atoms with Crippen molar-refractivity contribution in [3.8, 4) is 5.75 Å². The van der Waals surface area contributed by atoms with Gasteiger partial charge in [0.05, 0.1) is 32.5 Å². The van der Waals surface area contributed by atoms with Crippen LogP contribution in [0.3, 0.4) is 0 Å². The van der Waals surface area contributed by atoms with Gasteiger partial charge in [-0.15, -0.1) is 0 Å². The topological polar surface area (TPSA) is 50.5 Å². The lowest BCUT2D eigenvalue weighted by Crippen LogP contribution is -2.54. The molecule has 0 unspecified atom stereocenters. The molecule has 3 heterocycles. The zero-order chi connectivity index (χ0) is 18.9. The van der Waals surface area contributed by atoms with Gasteiger partial charge < -0.3 is 28.5 Å². The summed E-state index contributed by atoms with van der Waals surface area (Å²) < 4.78 is 29.9. The Morgan fingerprint density at radius 1 is 1.30 bits per heavy atom. The summed E-state index contributed by atoms with van der Waals surface area (Å²) in [7, 11) is 1.66. The second kappa shape index (κ2) is 7.76. The number of hydrogen-bond donors (Lipinski definition) is 0. The highest BCUT2D eigenvalue weighted by atomic mass is 16.7. The highest BCUT2D eigenvalue weighted by Gasteiger charge is 2.58. The summed E-state index contributed by atoms with van der Waals surface area (Å²) in [6.45, 7) is 10.1. The van der Waals surface area contributed by atoms with E-state index in [0.717, 1.165) is 37.0 Å². The maximum absolute atomic E-state index is 7.17. The van der Waals surface area contributed by atoms with Crippen molar-refractivity contribution < 1.29 is 23.7 Å². The minimum Gasteiger partial charge on any atom is -0.497 e. The summed E-state index contributed by atoms with van der Waals surface area (Å²) in [5.74, 6) is 0.831. The summed E-state index contributed by atoms with van der Waals surface area (Å²) >= 11 is 0. The van der Waals surface area contributed by atoms with E-state index in [2.05, 4.69) is 4.85 Å². The number of hydrogen-bond acceptors (Lipinski definition) is 5. The van der Waals surface area contributed by atoms with E-state index in [0.29, 0.717) is 13.2 Å². The van der Waals surface area contributed by atoms with Crippen LogP contribution in [0.4, 0.5) is 0 Å². The maximum atomic E-state index is 7.17. The highest BCUT2D eigenvalue weighted by Crippen LogP contribution is 2.47. The number of rotatable bonds is 6. The fraction of sp³-hybridized carbons (Fsp3) is 0.667. The Balaban J connectivity index is 1.33. The van der Waals surface area contributed by atoms with Crippen LogP contribution in [0.2, 0.25) is 0 Å². The minimum absolute atomic E-state index is 0.00819. The zero-order valence-electron chi connectivity index (χ0n) is 15.9. The molecule has 6 heteroatoms. The Labute approximate surface area is 160 Å². The van der Waals surface area contributed by atoms with Crippen molar-refractivity contribution in [1.29, 1.82) is 0 Å². The van der Waals surface area contributed by atoms with Gasteiger partial charge in [0.15, 0.2) is 6.29 Å². The molecule has 0 aliphatic carbocycles. The molecule has 146 valence electrons. The molecule has 3 saturated heterocycles. The smallest absolute Gasteiger partial charge is 0.223 e. The summed E-state index contributed by atoms with van der Waals surface area (Å²) in [6, 6.07) is 7.82. The van der Waals surface area contributed by atoms with E-state index in [1.165, 1.54) is 0 Å². The second-order valence-electron chi connectivity index (χ2n) is 7.80. The van der Waals surface area contributed by atoms with Gasteiger partial charge in [0.1, 0.15) is 17.5 Å². The molecule has 3 fully saturated rings. The number of nitrogens with zero attached hydrogens (tertiary/aromatic N) is 1. The first-order chi connectivity index (χ1) is 13.1. The van der Waals surface area contributed by atoms with Crippen molar-refractivity contribution >= 4 is 0 Å². The second-order valence-corrected chi connectivity index (χ2v) is 7.80. The Morgan fingerprint density at radius 2 is 2.11 bits per heavy atom. The fourth-order valence-corrected chi connectivity index (χ4v) is 4.37. The van der Waals surface area contributed by atoms with Crippen molar-refractivity contribution in [1.82, 2.24) is 0 Å². The lowest BCUT2D eigenvalue weighted by Gasteiger charge is -2.43. The average Bonchev–Trinajstić information content (AvgIpc) is 3.00. The van der Waals surface area contributed by atoms with Crippen LogP contribution in [-0.2, 0) is 25.6 Å². The molecule has 27 heavy (non-hydrogen) atoms. The Kier molecular flexibility index (Phi) is 5.38. The molecule has 1 aromatic carbocycles. The molecule has 3 aliphatic heterocycles. The quantitative estimate of drug-likeness (QED) is 0.716. The monoisotopic (exact) mass is 373 g/mol. The van der Waals surface area contributed by atoms with E-state index in [1.807, 2.05) is 31.2 Å². The molecule has 3 aliphatic rings. The molecule has 6 atom stereocenters. The van der Waals surface area contributed by atoms with Crippen LogP contribution in [-0.4, -0.2) is 50.0 Å². The number of ether oxygens (including phenoxy) is 5. The molecule has 0 saturated carbocycles. The van der Waals surface area contributed by atoms with Gasteiger partial charge >= 0.3 is 0 Å². The van der Waals surface area contributed by atoms with Gasteiger partial charge in [-0.3, -0.25) is 0 Å². The third kappa shape index (κ3) is 3.83. The van der Waals surface area contributed by atoms with E-state index in [9.17, 15) is 0 Å². The summed E-state index contributed by atoms with van der Waals surface area (Å²) in [6.07, 6.45) is 3.20. The van der Waals surface area contributed by atoms with E-state index < -0.39 is 0 Å². The molecule has 6 nitrogen and oxygen atoms in total. The molecular formula is C21H27NO5. The molecule has 1 spiro atoms. The molecule has 0 amide bonds. The van der Waals surface area contributed by atoms with Crippen LogP contribution in [0.5, 0.6) is 5.75 Å². The fourth-order valence-electron chi connectivity index (χ4n) is 4.37. The van der Waals surface area contributed by atoms with Crippen LogP contribution in [0, 0.1) is 6.57 Å². The molecule has 0 radical (unpaired) electrons. The van der Waals surface area contributed by atoms with Crippen LogP contribution in [0.15, 0.2) is 24.3 Å². The van der Waals surface area contributed by atoms with Gasteiger partial charge in [-0.2, -0.15) is 0 Å². The van der Waals surface area contributed by atoms with Crippen LogP contribution in [0.25, 0.3) is 4.85 Å². The molecule has 0 aromatic heterocycles. The average molecular weight is 373 g/mol. The third-order valence-electron chi connectivity index (χ3n) is 5.82. The lowest BCUT2D eigenvalue weighted by molar-refractivity contribution is -0.242. The van der Waals surface area contributed by atoms with E-state index in [-0.39, 0.29) is 36.2 Å². The normalized spacial score (nSPS) is 35.9. The van der Waals surface area contributed by atoms with Crippen molar-refractivity contribution in [3.63, 3.8) is 0 Å².